The van der Waals surface area contributed by atoms with Crippen LogP contribution in [0.4, 0.5) is 0 Å². The van der Waals surface area contributed by atoms with Gasteiger partial charge in [-0.1, -0.05) is 0 Å². The molecule has 1 unspecified atom stereocenters. The van der Waals surface area contributed by atoms with E-state index in [2.05, 4.69) is 0 Å². The molecular formula is C6H10N2O3. The van der Waals surface area contributed by atoms with Gasteiger partial charge >= 0.3 is 5.97 Å². The number of hydrogen-bond acceptors (Lipinski definition) is 4. The maximum Gasteiger partial charge on any atom is 0.352 e. The highest BCUT2D eigenvalue weighted by Crippen LogP contribution is 2.18. The molecule has 0 heterocycles. The second-order valence-electron chi connectivity index (χ2n) is 2.85. The summed E-state index contributed by atoms with van der Waals surface area (Å²) in [6.07, 6.45) is 0. The third-order valence-electron chi connectivity index (χ3n) is 1.40. The first-order valence-electron chi connectivity index (χ1n) is 2.91. The lowest BCUT2D eigenvalue weighted by Crippen LogP contribution is -2.60. The van der Waals surface area contributed by atoms with E-state index >= 15 is 0 Å². The predicted molar refractivity (Wildman–Crippen MR) is 36.5 cm³/mol. The van der Waals surface area contributed by atoms with Gasteiger partial charge in [0.15, 0.2) is 0 Å². The fourth-order valence-electron chi connectivity index (χ4n) is 0.468. The summed E-state index contributed by atoms with van der Waals surface area (Å²) >= 11 is 0. The molecule has 4 N–H and O–H groups in total. The molecule has 5 nitrogen and oxygen atoms in total. The van der Waals surface area contributed by atoms with Crippen molar-refractivity contribution in [2.45, 2.75) is 25.0 Å². The number of carboxylic acids is 1. The van der Waals surface area contributed by atoms with Gasteiger partial charge in [0.05, 0.1) is 5.54 Å². The predicted octanol–water partition coefficient (Wildman–Crippen LogP) is -0.937. The molecule has 0 aromatic rings. The van der Waals surface area contributed by atoms with Crippen molar-refractivity contribution in [3.8, 4) is 6.07 Å². The van der Waals surface area contributed by atoms with Crippen LogP contribution in [0.2, 0.25) is 0 Å². The fourth-order valence-corrected chi connectivity index (χ4v) is 0.468. The van der Waals surface area contributed by atoms with Crippen LogP contribution in [0.5, 0.6) is 0 Å². The molecular weight excluding hydrogens is 148 g/mol. The molecule has 0 spiro atoms. The summed E-state index contributed by atoms with van der Waals surface area (Å²) in [7, 11) is 0. The van der Waals surface area contributed by atoms with Crippen LogP contribution in [0.15, 0.2) is 0 Å². The van der Waals surface area contributed by atoms with E-state index in [0.29, 0.717) is 0 Å². The minimum absolute atomic E-state index is 1.25. The molecule has 0 fully saturated rings. The van der Waals surface area contributed by atoms with E-state index < -0.39 is 17.1 Å². The Balaban J connectivity index is 4.96. The van der Waals surface area contributed by atoms with Crippen LogP contribution in [0, 0.1) is 11.3 Å². The van der Waals surface area contributed by atoms with Crippen molar-refractivity contribution in [1.29, 1.82) is 5.26 Å². The van der Waals surface area contributed by atoms with Crippen molar-refractivity contribution in [2.75, 3.05) is 0 Å². The normalized spacial score (nSPS) is 16.6. The van der Waals surface area contributed by atoms with Crippen molar-refractivity contribution in [2.24, 2.45) is 5.73 Å². The molecule has 5 heteroatoms. The van der Waals surface area contributed by atoms with Gasteiger partial charge in [0.2, 0.25) is 0 Å². The lowest BCUT2D eigenvalue weighted by molar-refractivity contribution is -0.157. The SMILES string of the molecule is CC(C)(N)C(O)(C#N)C(=O)O. The molecule has 0 saturated heterocycles. The summed E-state index contributed by atoms with van der Waals surface area (Å²) in [6.45, 7) is 2.54. The second kappa shape index (κ2) is 2.49. The van der Waals surface area contributed by atoms with E-state index in [1.165, 1.54) is 19.9 Å². The topological polar surface area (TPSA) is 107 Å². The first-order chi connectivity index (χ1) is 4.75. The van der Waals surface area contributed by atoms with E-state index in [1.807, 2.05) is 0 Å². The highest BCUT2D eigenvalue weighted by Gasteiger charge is 2.48. The Bertz CT molecular complexity index is 213. The number of nitriles is 1. The third-order valence-corrected chi connectivity index (χ3v) is 1.40. The van der Waals surface area contributed by atoms with Gasteiger partial charge in [-0.25, -0.2) is 4.79 Å². The Hall–Kier alpha value is -1.12. The minimum Gasteiger partial charge on any atom is -0.478 e. The molecule has 0 aromatic carbocycles. The van der Waals surface area contributed by atoms with E-state index in [1.54, 1.807) is 0 Å². The zero-order valence-corrected chi connectivity index (χ0v) is 6.33. The van der Waals surface area contributed by atoms with Crippen LogP contribution in [0.25, 0.3) is 0 Å². The van der Waals surface area contributed by atoms with Gasteiger partial charge in [-0.2, -0.15) is 5.26 Å². The van der Waals surface area contributed by atoms with Gasteiger partial charge in [0.1, 0.15) is 6.07 Å². The zero-order chi connectivity index (χ0) is 9.28. The number of nitrogens with zero attached hydrogens (tertiary/aromatic N) is 1. The van der Waals surface area contributed by atoms with Crippen LogP contribution >= 0.6 is 0 Å². The standard InChI is InChI=1S/C6H10N2O3/c1-5(2,8)6(11,3-7)4(9)10/h11H,8H2,1-2H3,(H,9,10). The summed E-state index contributed by atoms with van der Waals surface area (Å²) in [5.74, 6) is -1.63. The van der Waals surface area contributed by atoms with Gasteiger partial charge in [-0.3, -0.25) is 0 Å². The molecule has 0 aliphatic rings. The Morgan fingerprint density at radius 3 is 2.00 bits per heavy atom. The lowest BCUT2D eigenvalue weighted by Gasteiger charge is -2.29. The third kappa shape index (κ3) is 1.48. The molecule has 0 saturated carbocycles. The number of aliphatic carboxylic acids is 1. The van der Waals surface area contributed by atoms with Crippen LogP contribution in [-0.4, -0.2) is 27.3 Å². The fraction of sp³-hybridized carbons (Fsp3) is 0.667. The molecule has 0 rings (SSSR count). The molecule has 0 bridgehead atoms. The van der Waals surface area contributed by atoms with Gasteiger partial charge in [0.25, 0.3) is 5.60 Å². The monoisotopic (exact) mass is 158 g/mol. The molecule has 11 heavy (non-hydrogen) atoms. The number of nitrogens with two attached hydrogens (primary N) is 1. The number of hydrogen-bond donors (Lipinski definition) is 3. The molecule has 1 atom stereocenters. The first-order valence-corrected chi connectivity index (χ1v) is 2.91. The van der Waals surface area contributed by atoms with Crippen molar-refractivity contribution >= 4 is 5.97 Å². The number of rotatable bonds is 2. The van der Waals surface area contributed by atoms with E-state index in [-0.39, 0.29) is 0 Å². The number of carboxylic acid groups (broad SMARTS) is 1. The minimum atomic E-state index is -2.52. The summed E-state index contributed by atoms with van der Waals surface area (Å²) in [4.78, 5) is 10.3. The maximum absolute atomic E-state index is 10.3. The Morgan fingerprint density at radius 2 is 2.00 bits per heavy atom. The molecule has 0 amide bonds. The quantitative estimate of drug-likeness (QED) is 0.450. The molecule has 0 aromatic heterocycles. The van der Waals surface area contributed by atoms with Crippen molar-refractivity contribution in [3.63, 3.8) is 0 Å². The van der Waals surface area contributed by atoms with Crippen LogP contribution in [0.1, 0.15) is 13.8 Å². The summed E-state index contributed by atoms with van der Waals surface area (Å²) in [6, 6.07) is 1.25. The average molecular weight is 158 g/mol. The maximum atomic E-state index is 10.3. The van der Waals surface area contributed by atoms with E-state index in [0.717, 1.165) is 0 Å². The van der Waals surface area contributed by atoms with Gasteiger partial charge < -0.3 is 15.9 Å². The Kier molecular flexibility index (Phi) is 2.24. The van der Waals surface area contributed by atoms with Gasteiger partial charge in [0, 0.05) is 0 Å². The second-order valence-corrected chi connectivity index (χ2v) is 2.85. The first kappa shape index (κ1) is 9.88. The number of carbonyl (C=O) groups is 1. The summed E-state index contributed by atoms with van der Waals surface area (Å²) < 4.78 is 0. The van der Waals surface area contributed by atoms with Crippen molar-refractivity contribution in [3.05, 3.63) is 0 Å². The van der Waals surface area contributed by atoms with Crippen LogP contribution in [0.3, 0.4) is 0 Å². The zero-order valence-electron chi connectivity index (χ0n) is 6.33. The van der Waals surface area contributed by atoms with Gasteiger partial charge in [-0.15, -0.1) is 0 Å². The lowest BCUT2D eigenvalue weighted by atomic mass is 9.85. The Labute approximate surface area is 64.0 Å². The Morgan fingerprint density at radius 1 is 1.64 bits per heavy atom. The largest absolute Gasteiger partial charge is 0.478 e. The van der Waals surface area contributed by atoms with Gasteiger partial charge in [-0.05, 0) is 13.8 Å². The summed E-state index contributed by atoms with van der Waals surface area (Å²) in [5.41, 5.74) is 1.27. The number of aliphatic hydroxyl groups is 1. The molecule has 0 aliphatic heterocycles. The van der Waals surface area contributed by atoms with E-state index in [9.17, 15) is 4.79 Å². The smallest absolute Gasteiger partial charge is 0.352 e. The van der Waals surface area contributed by atoms with Crippen LogP contribution < -0.4 is 5.73 Å². The molecule has 0 radical (unpaired) electrons. The van der Waals surface area contributed by atoms with Crippen molar-refractivity contribution < 1.29 is 15.0 Å². The average Bonchev–Trinajstić information content (AvgIpc) is 1.83. The van der Waals surface area contributed by atoms with Crippen LogP contribution in [-0.2, 0) is 4.79 Å². The highest BCUT2D eigenvalue weighted by atomic mass is 16.4. The molecule has 62 valence electrons. The van der Waals surface area contributed by atoms with Crippen molar-refractivity contribution in [1.82, 2.24) is 0 Å². The highest BCUT2D eigenvalue weighted by molar-refractivity contribution is 5.82. The molecule has 0 aliphatic carbocycles. The summed E-state index contributed by atoms with van der Waals surface area (Å²) in [5, 5.41) is 25.9. The van der Waals surface area contributed by atoms with E-state index in [4.69, 9.17) is 21.2 Å².